The van der Waals surface area contributed by atoms with Crippen LogP contribution in [0.1, 0.15) is 39.3 Å². The molecule has 0 spiro atoms. The third-order valence-corrected chi connectivity index (χ3v) is 3.53. The van der Waals surface area contributed by atoms with Gasteiger partial charge in [-0.25, -0.2) is 0 Å². The third-order valence-electron chi connectivity index (χ3n) is 3.53. The van der Waals surface area contributed by atoms with Gasteiger partial charge < -0.3 is 10.1 Å². The first-order valence-electron chi connectivity index (χ1n) is 8.06. The van der Waals surface area contributed by atoms with Crippen LogP contribution in [-0.4, -0.2) is 44.3 Å². The Morgan fingerprint density at radius 3 is 2.29 bits per heavy atom. The van der Waals surface area contributed by atoms with Gasteiger partial charge in [0.05, 0.1) is 6.61 Å². The number of ether oxygens (including phenoxy) is 1. The molecule has 1 unspecified atom stereocenters. The summed E-state index contributed by atoms with van der Waals surface area (Å²) in [6, 6.07) is 11.7. The maximum Gasteiger partial charge on any atom is 0.0589 e. The fourth-order valence-electron chi connectivity index (χ4n) is 2.53. The van der Waals surface area contributed by atoms with Crippen LogP contribution in [0.4, 0.5) is 0 Å². The van der Waals surface area contributed by atoms with Crippen molar-refractivity contribution >= 4 is 0 Å². The van der Waals surface area contributed by atoms with Gasteiger partial charge in [0.2, 0.25) is 0 Å². The van der Waals surface area contributed by atoms with Gasteiger partial charge in [-0.1, -0.05) is 58.0 Å². The molecule has 0 saturated heterocycles. The number of hydrogen-bond acceptors (Lipinski definition) is 3. The molecule has 21 heavy (non-hydrogen) atoms. The maximum atomic E-state index is 5.30. The standard InChI is InChI=1S/C18H32N2O/c1-15(2)14-20(11-12-21-5)18(13-19-16(3)4)17-9-7-6-8-10-17/h6-10,15-16,18-19H,11-14H2,1-5H3. The van der Waals surface area contributed by atoms with E-state index in [4.69, 9.17) is 4.74 Å². The van der Waals surface area contributed by atoms with Crippen molar-refractivity contribution in [1.82, 2.24) is 10.2 Å². The highest BCUT2D eigenvalue weighted by Gasteiger charge is 2.21. The second-order valence-corrected chi connectivity index (χ2v) is 6.37. The van der Waals surface area contributed by atoms with Gasteiger partial charge in [-0.2, -0.15) is 0 Å². The van der Waals surface area contributed by atoms with Crippen molar-refractivity contribution in [3.63, 3.8) is 0 Å². The zero-order valence-corrected chi connectivity index (χ0v) is 14.3. The van der Waals surface area contributed by atoms with Gasteiger partial charge in [-0.3, -0.25) is 4.90 Å². The van der Waals surface area contributed by atoms with Crippen LogP contribution in [0.3, 0.4) is 0 Å². The first kappa shape index (κ1) is 18.1. The lowest BCUT2D eigenvalue weighted by Gasteiger charge is -2.34. The Labute approximate surface area is 130 Å². The van der Waals surface area contributed by atoms with E-state index in [1.807, 2.05) is 0 Å². The largest absolute Gasteiger partial charge is 0.383 e. The summed E-state index contributed by atoms with van der Waals surface area (Å²) in [6.45, 7) is 12.7. The molecule has 0 saturated carbocycles. The molecular weight excluding hydrogens is 260 g/mol. The van der Waals surface area contributed by atoms with Crippen LogP contribution in [0.25, 0.3) is 0 Å². The molecule has 0 radical (unpaired) electrons. The van der Waals surface area contributed by atoms with Gasteiger partial charge in [0.25, 0.3) is 0 Å². The minimum Gasteiger partial charge on any atom is -0.383 e. The number of benzene rings is 1. The first-order chi connectivity index (χ1) is 10.0. The van der Waals surface area contributed by atoms with Crippen molar-refractivity contribution in [3.8, 4) is 0 Å². The smallest absolute Gasteiger partial charge is 0.0589 e. The quantitative estimate of drug-likeness (QED) is 0.716. The highest BCUT2D eigenvalue weighted by atomic mass is 16.5. The molecule has 0 aliphatic carbocycles. The summed E-state index contributed by atoms with van der Waals surface area (Å²) in [6.07, 6.45) is 0. The average molecular weight is 292 g/mol. The molecule has 0 aromatic heterocycles. The zero-order chi connectivity index (χ0) is 15.7. The van der Waals surface area contributed by atoms with Crippen LogP contribution in [0.2, 0.25) is 0 Å². The van der Waals surface area contributed by atoms with E-state index in [1.54, 1.807) is 7.11 Å². The van der Waals surface area contributed by atoms with E-state index >= 15 is 0 Å². The Balaban J connectivity index is 2.88. The molecule has 1 rings (SSSR count). The van der Waals surface area contributed by atoms with Crippen molar-refractivity contribution in [2.45, 2.75) is 39.8 Å². The first-order valence-corrected chi connectivity index (χ1v) is 8.06. The molecule has 0 bridgehead atoms. The summed E-state index contributed by atoms with van der Waals surface area (Å²) >= 11 is 0. The number of nitrogens with zero attached hydrogens (tertiary/aromatic N) is 1. The predicted octanol–water partition coefficient (Wildman–Crippen LogP) is 3.33. The van der Waals surface area contributed by atoms with Gasteiger partial charge in [-0.15, -0.1) is 0 Å². The van der Waals surface area contributed by atoms with Gasteiger partial charge in [0.15, 0.2) is 0 Å². The number of nitrogens with one attached hydrogen (secondary N) is 1. The molecule has 3 heteroatoms. The molecule has 0 heterocycles. The molecule has 1 atom stereocenters. The minimum atomic E-state index is 0.395. The molecule has 3 nitrogen and oxygen atoms in total. The maximum absolute atomic E-state index is 5.30. The van der Waals surface area contributed by atoms with Crippen LogP contribution >= 0.6 is 0 Å². The lowest BCUT2D eigenvalue weighted by molar-refractivity contribution is 0.107. The van der Waals surface area contributed by atoms with E-state index in [0.717, 1.165) is 26.2 Å². The summed E-state index contributed by atoms with van der Waals surface area (Å²) < 4.78 is 5.30. The molecule has 0 aliphatic heterocycles. The Bertz CT molecular complexity index is 365. The second kappa shape index (κ2) is 9.93. The lowest BCUT2D eigenvalue weighted by atomic mass is 10.0. The normalized spacial score (nSPS) is 13.3. The SMILES string of the molecule is COCCN(CC(C)C)C(CNC(C)C)c1ccccc1. The van der Waals surface area contributed by atoms with Crippen molar-refractivity contribution in [3.05, 3.63) is 35.9 Å². The Morgan fingerprint density at radius 1 is 1.10 bits per heavy atom. The van der Waals surface area contributed by atoms with E-state index in [9.17, 15) is 0 Å². The van der Waals surface area contributed by atoms with Crippen LogP contribution in [0, 0.1) is 5.92 Å². The summed E-state index contributed by atoms with van der Waals surface area (Å²) in [4.78, 5) is 2.54. The average Bonchev–Trinajstić information content (AvgIpc) is 2.45. The Hall–Kier alpha value is -0.900. The van der Waals surface area contributed by atoms with Gasteiger partial charge in [-0.05, 0) is 11.5 Å². The molecule has 0 aliphatic rings. The molecule has 1 aromatic carbocycles. The van der Waals surface area contributed by atoms with Crippen LogP contribution in [0.5, 0.6) is 0 Å². The van der Waals surface area contributed by atoms with Gasteiger partial charge in [0.1, 0.15) is 0 Å². The fourth-order valence-corrected chi connectivity index (χ4v) is 2.53. The van der Waals surface area contributed by atoms with Crippen molar-refractivity contribution in [2.24, 2.45) is 5.92 Å². The number of rotatable bonds is 10. The highest BCUT2D eigenvalue weighted by Crippen LogP contribution is 2.21. The molecule has 120 valence electrons. The minimum absolute atomic E-state index is 0.395. The Kier molecular flexibility index (Phi) is 8.58. The van der Waals surface area contributed by atoms with Crippen LogP contribution in [0.15, 0.2) is 30.3 Å². The van der Waals surface area contributed by atoms with E-state index in [1.165, 1.54) is 5.56 Å². The topological polar surface area (TPSA) is 24.5 Å². The molecule has 0 amide bonds. The number of hydrogen-bond donors (Lipinski definition) is 1. The van der Waals surface area contributed by atoms with Crippen molar-refractivity contribution in [1.29, 1.82) is 0 Å². The monoisotopic (exact) mass is 292 g/mol. The van der Waals surface area contributed by atoms with Gasteiger partial charge in [0, 0.05) is 38.8 Å². The Morgan fingerprint density at radius 2 is 1.76 bits per heavy atom. The summed E-state index contributed by atoms with van der Waals surface area (Å²) in [5.41, 5.74) is 1.38. The third kappa shape index (κ3) is 7.07. The molecular formula is C18H32N2O. The van der Waals surface area contributed by atoms with Crippen LogP contribution < -0.4 is 5.32 Å². The predicted molar refractivity (Wildman–Crippen MR) is 90.6 cm³/mol. The molecule has 0 fully saturated rings. The van der Waals surface area contributed by atoms with E-state index in [0.29, 0.717) is 18.0 Å². The van der Waals surface area contributed by atoms with Gasteiger partial charge >= 0.3 is 0 Å². The van der Waals surface area contributed by atoms with E-state index < -0.39 is 0 Å². The summed E-state index contributed by atoms with van der Waals surface area (Å²) in [7, 11) is 1.78. The highest BCUT2D eigenvalue weighted by molar-refractivity contribution is 5.19. The molecule has 1 N–H and O–H groups in total. The fraction of sp³-hybridized carbons (Fsp3) is 0.667. The zero-order valence-electron chi connectivity index (χ0n) is 14.3. The van der Waals surface area contributed by atoms with Crippen LogP contribution in [-0.2, 0) is 4.74 Å². The van der Waals surface area contributed by atoms with Crippen molar-refractivity contribution < 1.29 is 4.74 Å². The van der Waals surface area contributed by atoms with Crippen molar-refractivity contribution in [2.75, 3.05) is 33.4 Å². The van der Waals surface area contributed by atoms with E-state index in [2.05, 4.69) is 68.2 Å². The summed E-state index contributed by atoms with van der Waals surface area (Å²) in [5, 5.41) is 3.59. The molecule has 1 aromatic rings. The lowest BCUT2D eigenvalue weighted by Crippen LogP contribution is -2.41. The summed E-state index contributed by atoms with van der Waals surface area (Å²) in [5.74, 6) is 0.645. The second-order valence-electron chi connectivity index (χ2n) is 6.37. The van der Waals surface area contributed by atoms with E-state index in [-0.39, 0.29) is 0 Å². The number of methoxy groups -OCH3 is 1.